The molecule has 2 rings (SSSR count). The van der Waals surface area contributed by atoms with Crippen LogP contribution in [0, 0.1) is 0 Å². The normalized spacial score (nSPS) is 17.7. The summed E-state index contributed by atoms with van der Waals surface area (Å²) in [5.41, 5.74) is 0.578. The number of methoxy groups -OCH3 is 1. The number of amides is 1. The van der Waals surface area contributed by atoms with Gasteiger partial charge < -0.3 is 19.6 Å². The zero-order valence-electron chi connectivity index (χ0n) is 14.4. The van der Waals surface area contributed by atoms with Crippen LogP contribution in [0.3, 0.4) is 0 Å². The van der Waals surface area contributed by atoms with E-state index in [2.05, 4.69) is 11.9 Å². The highest BCUT2D eigenvalue weighted by molar-refractivity contribution is 6.30. The van der Waals surface area contributed by atoms with E-state index in [-0.39, 0.29) is 11.9 Å². The summed E-state index contributed by atoms with van der Waals surface area (Å²) < 4.78 is 5.11. The van der Waals surface area contributed by atoms with Crippen LogP contribution < -0.4 is 0 Å². The highest BCUT2D eigenvalue weighted by Gasteiger charge is 2.31. The molecule has 1 aliphatic rings. The third-order valence-electron chi connectivity index (χ3n) is 4.58. The first-order valence-corrected chi connectivity index (χ1v) is 8.82. The number of aliphatic hydroxyl groups is 1. The molecule has 0 radical (unpaired) electrons. The summed E-state index contributed by atoms with van der Waals surface area (Å²) in [7, 11) is 3.75. The van der Waals surface area contributed by atoms with Crippen LogP contribution in [-0.4, -0.2) is 67.3 Å². The van der Waals surface area contributed by atoms with E-state index >= 15 is 0 Å². The van der Waals surface area contributed by atoms with Gasteiger partial charge in [-0.25, -0.2) is 0 Å². The molecule has 1 saturated heterocycles. The lowest BCUT2D eigenvalue weighted by molar-refractivity contribution is -0.144. The zero-order valence-corrected chi connectivity index (χ0v) is 15.2. The van der Waals surface area contributed by atoms with Crippen molar-refractivity contribution in [3.8, 4) is 0 Å². The van der Waals surface area contributed by atoms with Crippen LogP contribution in [0.15, 0.2) is 24.3 Å². The second-order valence-electron chi connectivity index (χ2n) is 6.37. The van der Waals surface area contributed by atoms with Crippen molar-refractivity contribution < 1.29 is 14.6 Å². The predicted molar refractivity (Wildman–Crippen MR) is 95.1 cm³/mol. The van der Waals surface area contributed by atoms with E-state index in [1.165, 1.54) is 0 Å². The fraction of sp³-hybridized carbons (Fsp3) is 0.611. The molecule has 1 aromatic carbocycles. The van der Waals surface area contributed by atoms with Gasteiger partial charge in [-0.2, -0.15) is 0 Å². The summed E-state index contributed by atoms with van der Waals surface area (Å²) in [4.78, 5) is 17.0. The number of benzene rings is 1. The SMILES string of the molecule is COCCCN(C(=O)C(O)c1ccc(Cl)cc1)C1CCN(C)CC1. The van der Waals surface area contributed by atoms with Crippen molar-refractivity contribution in [3.63, 3.8) is 0 Å². The Bertz CT molecular complexity index is 516. The van der Waals surface area contributed by atoms with Crippen LogP contribution in [0.25, 0.3) is 0 Å². The maximum absolute atomic E-state index is 12.9. The third kappa shape index (κ3) is 5.18. The fourth-order valence-electron chi connectivity index (χ4n) is 3.10. The standard InChI is InChI=1S/C18H27ClN2O3/c1-20-11-8-16(9-12-20)21(10-3-13-24-2)18(23)17(22)14-4-6-15(19)7-5-14/h4-7,16-17,22H,3,8-13H2,1-2H3. The summed E-state index contributed by atoms with van der Waals surface area (Å²) in [6.45, 7) is 3.14. The Morgan fingerprint density at radius 1 is 1.38 bits per heavy atom. The van der Waals surface area contributed by atoms with Gasteiger partial charge in [-0.05, 0) is 57.1 Å². The van der Waals surface area contributed by atoms with Gasteiger partial charge in [0.25, 0.3) is 5.91 Å². The first kappa shape index (κ1) is 19.2. The number of carbonyl (C=O) groups excluding carboxylic acids is 1. The minimum atomic E-state index is -1.15. The molecule has 1 amide bonds. The van der Waals surface area contributed by atoms with Gasteiger partial charge in [0.15, 0.2) is 6.10 Å². The molecule has 1 unspecified atom stereocenters. The molecule has 5 nitrogen and oxygen atoms in total. The van der Waals surface area contributed by atoms with Crippen molar-refractivity contribution in [1.82, 2.24) is 9.80 Å². The average Bonchev–Trinajstić information content (AvgIpc) is 2.59. The van der Waals surface area contributed by atoms with Crippen LogP contribution in [0.1, 0.15) is 30.9 Å². The van der Waals surface area contributed by atoms with Crippen molar-refractivity contribution in [2.75, 3.05) is 40.4 Å². The van der Waals surface area contributed by atoms with Crippen molar-refractivity contribution in [2.45, 2.75) is 31.4 Å². The van der Waals surface area contributed by atoms with Crippen molar-refractivity contribution in [2.24, 2.45) is 0 Å². The van der Waals surface area contributed by atoms with E-state index < -0.39 is 6.10 Å². The number of likely N-dealkylation sites (tertiary alicyclic amines) is 1. The van der Waals surface area contributed by atoms with E-state index in [4.69, 9.17) is 16.3 Å². The largest absolute Gasteiger partial charge is 0.385 e. The Balaban J connectivity index is 2.08. The molecule has 1 fully saturated rings. The second-order valence-corrected chi connectivity index (χ2v) is 6.80. The molecular weight excluding hydrogens is 328 g/mol. The fourth-order valence-corrected chi connectivity index (χ4v) is 3.23. The number of nitrogens with zero attached hydrogens (tertiary/aromatic N) is 2. The Hall–Kier alpha value is -1.14. The maximum atomic E-state index is 12.9. The highest BCUT2D eigenvalue weighted by Crippen LogP contribution is 2.23. The van der Waals surface area contributed by atoms with E-state index in [9.17, 15) is 9.90 Å². The van der Waals surface area contributed by atoms with Gasteiger partial charge in [-0.1, -0.05) is 23.7 Å². The second kappa shape index (κ2) is 9.37. The molecule has 1 heterocycles. The van der Waals surface area contributed by atoms with Crippen LogP contribution in [-0.2, 0) is 9.53 Å². The minimum absolute atomic E-state index is 0.174. The number of aliphatic hydroxyl groups excluding tert-OH is 1. The number of halogens is 1. The van der Waals surface area contributed by atoms with E-state index in [1.54, 1.807) is 31.4 Å². The average molecular weight is 355 g/mol. The molecule has 1 aliphatic heterocycles. The molecule has 134 valence electrons. The lowest BCUT2D eigenvalue weighted by atomic mass is 10.0. The van der Waals surface area contributed by atoms with Gasteiger partial charge in [0, 0.05) is 31.3 Å². The summed E-state index contributed by atoms with van der Waals surface area (Å²) in [6.07, 6.45) is 1.48. The summed E-state index contributed by atoms with van der Waals surface area (Å²) in [5.74, 6) is -0.233. The first-order chi connectivity index (χ1) is 11.5. The molecule has 1 N–H and O–H groups in total. The van der Waals surface area contributed by atoms with E-state index in [1.807, 2.05) is 4.90 Å². The number of hydrogen-bond acceptors (Lipinski definition) is 4. The molecule has 0 bridgehead atoms. The van der Waals surface area contributed by atoms with Gasteiger partial charge in [0.05, 0.1) is 0 Å². The van der Waals surface area contributed by atoms with Crippen molar-refractivity contribution in [3.05, 3.63) is 34.9 Å². The summed E-state index contributed by atoms with van der Waals surface area (Å²) >= 11 is 5.88. The number of piperidine rings is 1. The monoisotopic (exact) mass is 354 g/mol. The number of carbonyl (C=O) groups is 1. The van der Waals surface area contributed by atoms with Gasteiger partial charge in [-0.3, -0.25) is 4.79 Å². The van der Waals surface area contributed by atoms with E-state index in [0.29, 0.717) is 23.7 Å². The van der Waals surface area contributed by atoms with Gasteiger partial charge in [-0.15, -0.1) is 0 Å². The zero-order chi connectivity index (χ0) is 17.5. The predicted octanol–water partition coefficient (Wildman–Crippen LogP) is 2.33. The quantitative estimate of drug-likeness (QED) is 0.764. The molecular formula is C18H27ClN2O3. The van der Waals surface area contributed by atoms with Gasteiger partial charge in [0.1, 0.15) is 0 Å². The Morgan fingerprint density at radius 2 is 2.00 bits per heavy atom. The molecule has 0 aromatic heterocycles. The van der Waals surface area contributed by atoms with Crippen molar-refractivity contribution in [1.29, 1.82) is 0 Å². The van der Waals surface area contributed by atoms with E-state index in [0.717, 1.165) is 32.4 Å². The van der Waals surface area contributed by atoms with Crippen LogP contribution in [0.4, 0.5) is 0 Å². The van der Waals surface area contributed by atoms with Crippen LogP contribution >= 0.6 is 11.6 Å². The Labute approximate surface area is 149 Å². The molecule has 1 aromatic rings. The van der Waals surface area contributed by atoms with Crippen LogP contribution in [0.5, 0.6) is 0 Å². The summed E-state index contributed by atoms with van der Waals surface area (Å²) in [6, 6.07) is 6.96. The minimum Gasteiger partial charge on any atom is -0.385 e. The van der Waals surface area contributed by atoms with Crippen molar-refractivity contribution >= 4 is 17.5 Å². The molecule has 6 heteroatoms. The first-order valence-electron chi connectivity index (χ1n) is 8.44. The number of ether oxygens (including phenoxy) is 1. The molecule has 0 aliphatic carbocycles. The Kier molecular flexibility index (Phi) is 7.49. The lowest BCUT2D eigenvalue weighted by Gasteiger charge is -2.38. The third-order valence-corrected chi connectivity index (χ3v) is 4.83. The molecule has 1 atom stereocenters. The van der Waals surface area contributed by atoms with Crippen LogP contribution in [0.2, 0.25) is 5.02 Å². The number of hydrogen-bond donors (Lipinski definition) is 1. The topological polar surface area (TPSA) is 53.0 Å². The molecule has 0 spiro atoms. The molecule has 24 heavy (non-hydrogen) atoms. The Morgan fingerprint density at radius 3 is 2.58 bits per heavy atom. The highest BCUT2D eigenvalue weighted by atomic mass is 35.5. The van der Waals surface area contributed by atoms with Gasteiger partial charge >= 0.3 is 0 Å². The number of rotatable bonds is 7. The molecule has 0 saturated carbocycles. The lowest BCUT2D eigenvalue weighted by Crippen LogP contribution is -2.48. The van der Waals surface area contributed by atoms with Gasteiger partial charge in [0.2, 0.25) is 0 Å². The smallest absolute Gasteiger partial charge is 0.256 e. The summed E-state index contributed by atoms with van der Waals surface area (Å²) in [5, 5.41) is 11.1. The maximum Gasteiger partial charge on any atom is 0.256 e.